The van der Waals surface area contributed by atoms with E-state index in [9.17, 15) is 53.4 Å². The summed E-state index contributed by atoms with van der Waals surface area (Å²) in [5, 5.41) is 44.4. The number of rotatable bonds is 14. The van der Waals surface area contributed by atoms with Crippen molar-refractivity contribution >= 4 is 59.1 Å². The summed E-state index contributed by atoms with van der Waals surface area (Å²) in [5.74, 6) is -11.0. The number of nitrogens with zero attached hydrogens (tertiary/aromatic N) is 1. The molecule has 0 aliphatic carbocycles. The number of amides is 10. The van der Waals surface area contributed by atoms with Crippen LogP contribution in [0.4, 0.5) is 0 Å². The number of aliphatic hydroxyl groups excluding tert-OH is 2. The van der Waals surface area contributed by atoms with Crippen molar-refractivity contribution < 1.29 is 58.2 Å². The van der Waals surface area contributed by atoms with E-state index in [1.54, 1.807) is 105 Å². The van der Waals surface area contributed by atoms with E-state index in [4.69, 9.17) is 11.5 Å². The molecular formula is C60H85N11O12. The van der Waals surface area contributed by atoms with Crippen LogP contribution in [0.2, 0.25) is 0 Å². The van der Waals surface area contributed by atoms with Crippen LogP contribution in [0.1, 0.15) is 96.8 Å². The van der Waals surface area contributed by atoms with Crippen LogP contribution in [0.15, 0.2) is 91.0 Å². The smallest absolute Gasteiger partial charge is 0.246 e. The molecule has 0 aromatic heterocycles. The number of hydrogen-bond acceptors (Lipinski definition) is 13. The number of benzene rings is 3. The summed E-state index contributed by atoms with van der Waals surface area (Å²) in [5.41, 5.74) is 13.3. The zero-order valence-corrected chi connectivity index (χ0v) is 48.3. The number of fused-ring (bicyclic) bond motifs is 1. The highest BCUT2D eigenvalue weighted by Crippen LogP contribution is 2.22. The van der Waals surface area contributed by atoms with E-state index in [2.05, 4.69) is 42.5 Å². The highest BCUT2D eigenvalue weighted by molar-refractivity contribution is 5.99. The molecule has 3 aromatic carbocycles. The molecule has 2 heterocycles. The van der Waals surface area contributed by atoms with E-state index in [0.717, 1.165) is 0 Å². The molecule has 2 unspecified atom stereocenters. The number of carbonyl (C=O) groups is 10. The molecule has 10 amide bonds. The second-order valence-electron chi connectivity index (χ2n) is 22.5. The second kappa shape index (κ2) is 32.2. The van der Waals surface area contributed by atoms with E-state index in [0.29, 0.717) is 23.1 Å². The first kappa shape index (κ1) is 66.0. The summed E-state index contributed by atoms with van der Waals surface area (Å²) in [4.78, 5) is 143. The van der Waals surface area contributed by atoms with E-state index >= 15 is 4.79 Å². The van der Waals surface area contributed by atoms with Gasteiger partial charge in [-0.2, -0.15) is 0 Å². The molecule has 0 bridgehead atoms. The average Bonchev–Trinajstić information content (AvgIpc) is 4.12. The average molecular weight is 1150 g/mol. The maximum Gasteiger partial charge on any atom is 0.246 e. The lowest BCUT2D eigenvalue weighted by Crippen LogP contribution is -2.61. The quantitative estimate of drug-likeness (QED) is 0.0974. The van der Waals surface area contributed by atoms with Crippen LogP contribution < -0.4 is 54.0 Å². The van der Waals surface area contributed by atoms with Crippen molar-refractivity contribution in [3.8, 4) is 0 Å². The Bertz CT molecular complexity index is 2680. The predicted molar refractivity (Wildman–Crippen MR) is 308 cm³/mol. The summed E-state index contributed by atoms with van der Waals surface area (Å²) >= 11 is 0. The Hall–Kier alpha value is -7.76. The fraction of sp³-hybridized carbons (Fsp3) is 0.533. The normalized spacial score (nSPS) is 27.4. The molecule has 2 aliphatic heterocycles. The molecule has 23 nitrogen and oxygen atoms in total. The standard InChI is InChI=1S/C60H85N11O12/c1-34(2)28-42-55(78)69-46(31-40-22-14-9-15-23-40)60(83)71-27-17-25-47(71)58(81)68-44(30-39-20-12-8-13-21-39)57(80)66-43(29-38-18-10-7-11-19-38)56(79)67-45(32-49(62)73)53(76)63-33-48(72)36(5)51(74)37(6)52(75)70-50(35(3)4)59(82)64-41(24-16-26-61)54(77)65-42/h7-15,18-23,34-37,41-48,50-51,72,74H,16-17,24-33,61H2,1-6H3,(H2,62,73)(H,63,76)(H,64,82)(H,65,77)(H,66,80)(H,67,79)(H,68,81)(H,69,78)(H,70,75)/t36-,37-,41-,42?,43+,44-,45?,46+,47-,48+,50-,51+/m0/s1. The summed E-state index contributed by atoms with van der Waals surface area (Å²) < 4.78 is 0. The zero-order valence-electron chi connectivity index (χ0n) is 48.3. The molecule has 23 heteroatoms. The van der Waals surface area contributed by atoms with Gasteiger partial charge in [0.2, 0.25) is 59.1 Å². The Morgan fingerprint density at radius 3 is 1.54 bits per heavy atom. The largest absolute Gasteiger partial charge is 0.392 e. The first-order valence-corrected chi connectivity index (χ1v) is 28.6. The van der Waals surface area contributed by atoms with Gasteiger partial charge in [-0.1, -0.05) is 133 Å². The minimum Gasteiger partial charge on any atom is -0.392 e. The molecule has 2 aliphatic rings. The minimum atomic E-state index is -1.64. The van der Waals surface area contributed by atoms with Gasteiger partial charge in [0.25, 0.3) is 0 Å². The summed E-state index contributed by atoms with van der Waals surface area (Å²) in [6.45, 7) is 9.51. The van der Waals surface area contributed by atoms with Crippen LogP contribution in [0.3, 0.4) is 0 Å². The first-order valence-electron chi connectivity index (χ1n) is 28.6. The molecule has 14 N–H and O–H groups in total. The maximum atomic E-state index is 15.0. The highest BCUT2D eigenvalue weighted by atomic mass is 16.3. The van der Waals surface area contributed by atoms with E-state index in [1.165, 1.54) is 18.7 Å². The van der Waals surface area contributed by atoms with Crippen LogP contribution in [0.5, 0.6) is 0 Å². The number of primary amides is 1. The number of aliphatic hydroxyl groups is 2. The molecule has 0 saturated carbocycles. The van der Waals surface area contributed by atoms with Crippen molar-refractivity contribution in [2.45, 2.75) is 160 Å². The maximum absolute atomic E-state index is 15.0. The number of hydrogen-bond donors (Lipinski definition) is 12. The Morgan fingerprint density at radius 1 is 0.578 bits per heavy atom. The van der Waals surface area contributed by atoms with Crippen molar-refractivity contribution in [2.75, 3.05) is 19.6 Å². The third kappa shape index (κ3) is 20.0. The Morgan fingerprint density at radius 2 is 1.04 bits per heavy atom. The molecule has 83 heavy (non-hydrogen) atoms. The van der Waals surface area contributed by atoms with Gasteiger partial charge >= 0.3 is 0 Å². The van der Waals surface area contributed by atoms with Crippen LogP contribution in [0, 0.1) is 23.7 Å². The molecule has 2 saturated heterocycles. The van der Waals surface area contributed by atoms with Gasteiger partial charge in [0, 0.05) is 38.3 Å². The van der Waals surface area contributed by atoms with Gasteiger partial charge < -0.3 is 69.1 Å². The molecule has 3 aromatic rings. The van der Waals surface area contributed by atoms with E-state index in [-0.39, 0.29) is 64.0 Å². The van der Waals surface area contributed by atoms with Crippen LogP contribution in [-0.2, 0) is 67.2 Å². The molecular weight excluding hydrogens is 1070 g/mol. The molecule has 452 valence electrons. The fourth-order valence-corrected chi connectivity index (χ4v) is 10.2. The van der Waals surface area contributed by atoms with Gasteiger partial charge in [0.1, 0.15) is 48.3 Å². The van der Waals surface area contributed by atoms with Gasteiger partial charge in [0.15, 0.2) is 0 Å². The van der Waals surface area contributed by atoms with Crippen LogP contribution in [0.25, 0.3) is 0 Å². The number of β-amino-alcohol motifs (C(OH)–C–C–N with tert-alkyl or cyclic N) is 1. The lowest BCUT2D eigenvalue weighted by atomic mass is 9.88. The monoisotopic (exact) mass is 1150 g/mol. The molecule has 12 atom stereocenters. The Balaban J connectivity index is 1.58. The highest BCUT2D eigenvalue weighted by Gasteiger charge is 2.42. The number of carbonyl (C=O) groups excluding carboxylic acids is 10. The van der Waals surface area contributed by atoms with Crippen molar-refractivity contribution in [3.63, 3.8) is 0 Å². The van der Waals surface area contributed by atoms with Crippen LogP contribution >= 0.6 is 0 Å². The molecule has 0 radical (unpaired) electrons. The zero-order chi connectivity index (χ0) is 60.9. The predicted octanol–water partition coefficient (Wildman–Crippen LogP) is -0.461. The molecule has 5 rings (SSSR count). The van der Waals surface area contributed by atoms with Crippen molar-refractivity contribution in [1.82, 2.24) is 47.4 Å². The summed E-state index contributed by atoms with van der Waals surface area (Å²) in [6, 6.07) is 15.7. The lowest BCUT2D eigenvalue weighted by Gasteiger charge is -2.32. The van der Waals surface area contributed by atoms with Crippen molar-refractivity contribution in [3.05, 3.63) is 108 Å². The van der Waals surface area contributed by atoms with Gasteiger partial charge in [0.05, 0.1) is 24.5 Å². The van der Waals surface area contributed by atoms with E-state index in [1.807, 2.05) is 13.8 Å². The number of nitrogens with one attached hydrogen (secondary N) is 8. The second-order valence-corrected chi connectivity index (χ2v) is 22.5. The molecule has 0 spiro atoms. The SMILES string of the molecule is CC(C)CC1NC(=O)[C@H](CCCN)NC(=O)[C@H](C(C)C)NC(=O)[C@@H](C)[C@H](O)[C@@H](C)[C@H](O)CNC(=O)C(CC(N)=O)NC(=O)[C@@H](Cc2ccccc2)NC(=O)[C@H](Cc2ccccc2)NC(=O)[C@@H]2CCCN2C(=O)[C@@H](Cc2ccccc2)NC1=O. The Kier molecular flexibility index (Phi) is 25.6. The molecule has 2 fully saturated rings. The summed E-state index contributed by atoms with van der Waals surface area (Å²) in [6.07, 6.45) is -3.03. The third-order valence-corrected chi connectivity index (χ3v) is 15.1. The lowest BCUT2D eigenvalue weighted by molar-refractivity contribution is -0.142. The van der Waals surface area contributed by atoms with Gasteiger partial charge in [-0.25, -0.2) is 0 Å². The first-order chi connectivity index (χ1) is 39.5. The minimum absolute atomic E-state index is 0.0168. The third-order valence-electron chi connectivity index (χ3n) is 15.1. The van der Waals surface area contributed by atoms with Gasteiger partial charge in [-0.05, 0) is 67.2 Å². The van der Waals surface area contributed by atoms with Crippen molar-refractivity contribution in [2.24, 2.45) is 35.1 Å². The number of nitrogens with two attached hydrogens (primary N) is 2. The van der Waals surface area contributed by atoms with E-state index < -0.39 is 150 Å². The topological polar surface area (TPSA) is 363 Å². The van der Waals surface area contributed by atoms with Crippen molar-refractivity contribution in [1.29, 1.82) is 0 Å². The fourth-order valence-electron chi connectivity index (χ4n) is 10.2. The Labute approximate surface area is 485 Å². The summed E-state index contributed by atoms with van der Waals surface area (Å²) in [7, 11) is 0. The van der Waals surface area contributed by atoms with Gasteiger partial charge in [-0.3, -0.25) is 47.9 Å². The van der Waals surface area contributed by atoms with Gasteiger partial charge in [-0.15, -0.1) is 0 Å². The van der Waals surface area contributed by atoms with Crippen LogP contribution in [-0.4, -0.2) is 154 Å².